The molecule has 1 fully saturated rings. The molecule has 5 rings (SSSR count). The second-order valence-corrected chi connectivity index (χ2v) is 10.4. The topological polar surface area (TPSA) is 72.7 Å². The van der Waals surface area contributed by atoms with Crippen LogP contribution >= 0.6 is 23.2 Å². The number of halogens is 5. The summed E-state index contributed by atoms with van der Waals surface area (Å²) in [6, 6.07) is 14.3. The standard InChI is InChI=1S/C24H19Cl2F3N2O4S/c25-13-1-7-20-17(9-13)18-10-14(26)2-8-21(18)31(20)22-12-34-11-19(23(22)32)30-36(33)16-5-3-15(4-6-16)35-24(27,28)29/h1-10,19,22-23,30,32H,11-12H2/t19-,22+,23+,36?/m1/s1. The van der Waals surface area contributed by atoms with Crippen LogP contribution in [0.5, 0.6) is 5.75 Å². The monoisotopic (exact) mass is 558 g/mol. The van der Waals surface area contributed by atoms with Crippen molar-refractivity contribution >= 4 is 56.0 Å². The van der Waals surface area contributed by atoms with E-state index in [1.165, 1.54) is 12.1 Å². The van der Waals surface area contributed by atoms with Crippen molar-refractivity contribution in [3.8, 4) is 5.75 Å². The van der Waals surface area contributed by atoms with Gasteiger partial charge in [-0.3, -0.25) is 0 Å². The van der Waals surface area contributed by atoms with Gasteiger partial charge in [-0.15, -0.1) is 13.2 Å². The molecule has 1 aliphatic rings. The van der Waals surface area contributed by atoms with Gasteiger partial charge in [0.05, 0.1) is 36.3 Å². The van der Waals surface area contributed by atoms with Crippen molar-refractivity contribution in [1.82, 2.24) is 9.29 Å². The number of benzene rings is 3. The SMILES string of the molecule is O=S(N[C@@H]1COC[C@H](n2c3ccc(Cl)cc3c3cc(Cl)ccc32)[C@H]1O)c1ccc(OC(F)(F)F)cc1. The zero-order valence-electron chi connectivity index (χ0n) is 18.3. The number of aromatic nitrogens is 1. The van der Waals surface area contributed by atoms with Gasteiger partial charge < -0.3 is 19.1 Å². The predicted octanol–water partition coefficient (Wildman–Crippen LogP) is 5.61. The first-order valence-corrected chi connectivity index (χ1v) is 12.7. The van der Waals surface area contributed by atoms with Crippen LogP contribution in [0.2, 0.25) is 10.0 Å². The number of hydrogen-bond acceptors (Lipinski definition) is 4. The Bertz CT molecular complexity index is 1390. The molecule has 2 heterocycles. The lowest BCUT2D eigenvalue weighted by atomic mass is 10.0. The molecule has 190 valence electrons. The molecule has 0 bridgehead atoms. The van der Waals surface area contributed by atoms with Crippen LogP contribution in [0.25, 0.3) is 21.8 Å². The van der Waals surface area contributed by atoms with Gasteiger partial charge in [-0.25, -0.2) is 8.93 Å². The fraction of sp³-hybridized carbons (Fsp3) is 0.250. The lowest BCUT2D eigenvalue weighted by molar-refractivity contribution is -0.274. The van der Waals surface area contributed by atoms with E-state index in [1.54, 1.807) is 12.1 Å². The van der Waals surface area contributed by atoms with Gasteiger partial charge >= 0.3 is 6.36 Å². The second-order valence-electron chi connectivity index (χ2n) is 8.30. The number of aliphatic hydroxyl groups is 1. The van der Waals surface area contributed by atoms with Crippen molar-refractivity contribution in [3.05, 3.63) is 70.7 Å². The number of alkyl halides is 3. The van der Waals surface area contributed by atoms with E-state index in [1.807, 2.05) is 28.8 Å². The molecule has 2 N–H and O–H groups in total. The molecule has 36 heavy (non-hydrogen) atoms. The number of aliphatic hydroxyl groups excluding tert-OH is 1. The molecule has 0 amide bonds. The van der Waals surface area contributed by atoms with Gasteiger partial charge in [-0.05, 0) is 60.7 Å². The van der Waals surface area contributed by atoms with Gasteiger partial charge in [-0.2, -0.15) is 0 Å². The Balaban J connectivity index is 1.41. The Morgan fingerprint density at radius 1 is 0.972 bits per heavy atom. The molecule has 1 saturated heterocycles. The Kier molecular flexibility index (Phi) is 6.92. The molecule has 1 aromatic heterocycles. The molecule has 4 atom stereocenters. The summed E-state index contributed by atoms with van der Waals surface area (Å²) in [6.07, 6.45) is -5.82. The summed E-state index contributed by atoms with van der Waals surface area (Å²) in [5.74, 6) is -0.420. The van der Waals surface area contributed by atoms with Crippen LogP contribution in [0.3, 0.4) is 0 Å². The molecule has 4 aromatic rings. The van der Waals surface area contributed by atoms with Crippen molar-refractivity contribution in [3.63, 3.8) is 0 Å². The van der Waals surface area contributed by atoms with E-state index in [0.717, 1.165) is 33.9 Å². The molecule has 0 saturated carbocycles. The zero-order chi connectivity index (χ0) is 25.6. The van der Waals surface area contributed by atoms with Crippen LogP contribution in [0.1, 0.15) is 6.04 Å². The van der Waals surface area contributed by atoms with Gasteiger partial charge in [0.1, 0.15) is 16.7 Å². The molecule has 0 radical (unpaired) electrons. The van der Waals surface area contributed by atoms with Crippen LogP contribution in [-0.4, -0.2) is 45.6 Å². The number of nitrogens with zero attached hydrogens (tertiary/aromatic N) is 1. The minimum absolute atomic E-state index is 0.0907. The fourth-order valence-electron chi connectivity index (χ4n) is 4.44. The van der Waals surface area contributed by atoms with Crippen LogP contribution < -0.4 is 9.46 Å². The molecular weight excluding hydrogens is 540 g/mol. The van der Waals surface area contributed by atoms with E-state index < -0.39 is 41.3 Å². The van der Waals surface area contributed by atoms with Gasteiger partial charge in [-0.1, -0.05) is 23.2 Å². The van der Waals surface area contributed by atoms with E-state index in [4.69, 9.17) is 27.9 Å². The van der Waals surface area contributed by atoms with Crippen molar-refractivity contribution in [2.75, 3.05) is 13.2 Å². The molecule has 6 nitrogen and oxygen atoms in total. The van der Waals surface area contributed by atoms with Crippen molar-refractivity contribution in [2.24, 2.45) is 0 Å². The average molecular weight is 559 g/mol. The van der Waals surface area contributed by atoms with E-state index in [9.17, 15) is 22.5 Å². The number of nitrogens with one attached hydrogen (secondary N) is 1. The van der Waals surface area contributed by atoms with Crippen LogP contribution in [0, 0.1) is 0 Å². The summed E-state index contributed by atoms with van der Waals surface area (Å²) in [5, 5.41) is 14.2. The van der Waals surface area contributed by atoms with Crippen molar-refractivity contribution < 1.29 is 32.0 Å². The summed E-state index contributed by atoms with van der Waals surface area (Å²) in [6.45, 7) is 0.299. The highest BCUT2D eigenvalue weighted by Gasteiger charge is 2.36. The van der Waals surface area contributed by atoms with E-state index in [0.29, 0.717) is 10.0 Å². The second kappa shape index (κ2) is 9.85. The largest absolute Gasteiger partial charge is 0.573 e. The maximum absolute atomic E-state index is 12.9. The molecule has 0 spiro atoms. The summed E-state index contributed by atoms with van der Waals surface area (Å²) in [4.78, 5) is 0.222. The zero-order valence-corrected chi connectivity index (χ0v) is 20.7. The van der Waals surface area contributed by atoms with E-state index in [-0.39, 0.29) is 18.1 Å². The van der Waals surface area contributed by atoms with Gasteiger partial charge in [0.15, 0.2) is 0 Å². The van der Waals surface area contributed by atoms with Gasteiger partial charge in [0, 0.05) is 31.9 Å². The molecule has 12 heteroatoms. The third-order valence-electron chi connectivity index (χ3n) is 5.98. The van der Waals surface area contributed by atoms with Crippen LogP contribution in [0.4, 0.5) is 13.2 Å². The first-order chi connectivity index (χ1) is 17.1. The quantitative estimate of drug-likeness (QED) is 0.334. The normalized spacial score (nSPS) is 21.7. The van der Waals surface area contributed by atoms with Crippen LogP contribution in [0.15, 0.2) is 65.6 Å². The summed E-state index contributed by atoms with van der Waals surface area (Å²) in [5.41, 5.74) is 1.65. The third-order valence-corrected chi connectivity index (χ3v) is 7.67. The highest BCUT2D eigenvalue weighted by Crippen LogP contribution is 2.37. The molecule has 0 aliphatic carbocycles. The maximum atomic E-state index is 12.9. The van der Waals surface area contributed by atoms with Crippen LogP contribution in [-0.2, 0) is 15.7 Å². The summed E-state index contributed by atoms with van der Waals surface area (Å²) >= 11 is 12.5. The number of rotatable bonds is 5. The smallest absolute Gasteiger partial charge is 0.406 e. The number of hydrogen-bond donors (Lipinski definition) is 2. The molecule has 1 unspecified atom stereocenters. The van der Waals surface area contributed by atoms with Crippen molar-refractivity contribution in [1.29, 1.82) is 0 Å². The highest BCUT2D eigenvalue weighted by molar-refractivity contribution is 7.83. The maximum Gasteiger partial charge on any atom is 0.573 e. The first kappa shape index (κ1) is 25.3. The molecular formula is C24H19Cl2F3N2O4S. The number of ether oxygens (including phenoxy) is 2. The van der Waals surface area contributed by atoms with E-state index in [2.05, 4.69) is 9.46 Å². The fourth-order valence-corrected chi connectivity index (χ4v) is 5.78. The number of fused-ring (bicyclic) bond motifs is 3. The van der Waals surface area contributed by atoms with E-state index >= 15 is 0 Å². The summed E-state index contributed by atoms with van der Waals surface area (Å²) in [7, 11) is -1.83. The predicted molar refractivity (Wildman–Crippen MR) is 132 cm³/mol. The highest BCUT2D eigenvalue weighted by atomic mass is 35.5. The minimum atomic E-state index is -4.82. The Hall–Kier alpha value is -2.34. The summed E-state index contributed by atoms with van der Waals surface area (Å²) < 4.78 is 64.5. The average Bonchev–Trinajstić information content (AvgIpc) is 3.12. The molecule has 3 aromatic carbocycles. The van der Waals surface area contributed by atoms with Gasteiger partial charge in [0.25, 0.3) is 0 Å². The lowest BCUT2D eigenvalue weighted by Crippen LogP contribution is -2.52. The van der Waals surface area contributed by atoms with Crippen molar-refractivity contribution in [2.45, 2.75) is 29.4 Å². The lowest BCUT2D eigenvalue weighted by Gasteiger charge is -2.36. The Morgan fingerprint density at radius 2 is 1.56 bits per heavy atom. The van der Waals surface area contributed by atoms with Gasteiger partial charge in [0.2, 0.25) is 0 Å². The molecule has 1 aliphatic heterocycles. The first-order valence-electron chi connectivity index (χ1n) is 10.8. The Labute approximate surface area is 216 Å². The Morgan fingerprint density at radius 3 is 2.11 bits per heavy atom. The third kappa shape index (κ3) is 5.06. The minimum Gasteiger partial charge on any atom is -0.406 e.